The number of carboxylic acids is 1. The van der Waals surface area contributed by atoms with Gasteiger partial charge in [-0.1, -0.05) is 0 Å². The van der Waals surface area contributed by atoms with E-state index in [1.54, 1.807) is 24.4 Å². The van der Waals surface area contributed by atoms with E-state index in [1.807, 2.05) is 0 Å². The molecular weight excluding hydrogens is 241 g/mol. The zero-order valence-corrected chi connectivity index (χ0v) is 9.92. The molecule has 0 radical (unpaired) electrons. The van der Waals surface area contributed by atoms with Crippen molar-refractivity contribution in [3.05, 3.63) is 40.0 Å². The van der Waals surface area contributed by atoms with E-state index in [0.29, 0.717) is 16.3 Å². The molecule has 0 aliphatic carbocycles. The summed E-state index contributed by atoms with van der Waals surface area (Å²) in [6.07, 6.45) is -0.0785. The number of rotatable bonds is 3. The summed E-state index contributed by atoms with van der Waals surface area (Å²) in [7, 11) is 0. The highest BCUT2D eigenvalue weighted by Crippen LogP contribution is 2.24. The van der Waals surface area contributed by atoms with E-state index in [1.165, 1.54) is 17.4 Å². The predicted octanol–water partition coefficient (Wildman–Crippen LogP) is 2.88. The quantitative estimate of drug-likeness (QED) is 0.912. The maximum Gasteiger partial charge on any atom is 0.310 e. The number of benzene rings is 1. The van der Waals surface area contributed by atoms with Crippen molar-refractivity contribution < 1.29 is 14.3 Å². The van der Waals surface area contributed by atoms with Crippen molar-refractivity contribution in [1.82, 2.24) is 4.98 Å². The van der Waals surface area contributed by atoms with Gasteiger partial charge in [-0.05, 0) is 30.7 Å². The minimum Gasteiger partial charge on any atom is -0.481 e. The normalized spacial score (nSPS) is 10.5. The van der Waals surface area contributed by atoms with E-state index < -0.39 is 5.97 Å². The van der Waals surface area contributed by atoms with Crippen LogP contribution in [0.4, 0.5) is 4.39 Å². The first-order valence-corrected chi connectivity index (χ1v) is 5.87. The van der Waals surface area contributed by atoms with Gasteiger partial charge in [0.15, 0.2) is 0 Å². The van der Waals surface area contributed by atoms with E-state index in [2.05, 4.69) is 4.98 Å². The van der Waals surface area contributed by atoms with Gasteiger partial charge in [-0.15, -0.1) is 11.3 Å². The molecule has 88 valence electrons. The first-order valence-electron chi connectivity index (χ1n) is 4.99. The number of aryl methyl sites for hydroxylation is 1. The summed E-state index contributed by atoms with van der Waals surface area (Å²) in [5.41, 5.74) is 2.04. The zero-order valence-electron chi connectivity index (χ0n) is 9.11. The van der Waals surface area contributed by atoms with Crippen LogP contribution in [0.15, 0.2) is 23.6 Å². The van der Waals surface area contributed by atoms with Crippen LogP contribution in [0.2, 0.25) is 0 Å². The molecule has 0 aliphatic heterocycles. The van der Waals surface area contributed by atoms with Gasteiger partial charge in [0, 0.05) is 10.9 Å². The Morgan fingerprint density at radius 3 is 2.94 bits per heavy atom. The summed E-state index contributed by atoms with van der Waals surface area (Å²) < 4.78 is 13.1. The molecule has 1 N–H and O–H groups in total. The van der Waals surface area contributed by atoms with Gasteiger partial charge in [0.05, 0.1) is 12.1 Å². The van der Waals surface area contributed by atoms with Crippen LogP contribution in [0.3, 0.4) is 0 Å². The fourth-order valence-corrected chi connectivity index (χ4v) is 2.25. The lowest BCUT2D eigenvalue weighted by molar-refractivity contribution is -0.136. The van der Waals surface area contributed by atoms with Crippen LogP contribution in [0, 0.1) is 12.7 Å². The zero-order chi connectivity index (χ0) is 12.4. The molecule has 17 heavy (non-hydrogen) atoms. The molecule has 0 spiro atoms. The van der Waals surface area contributed by atoms with Gasteiger partial charge >= 0.3 is 5.97 Å². The third-order valence-electron chi connectivity index (χ3n) is 2.31. The number of thiazole rings is 1. The summed E-state index contributed by atoms with van der Waals surface area (Å²) in [6.45, 7) is 1.68. The van der Waals surface area contributed by atoms with Gasteiger partial charge in [0.2, 0.25) is 0 Å². The van der Waals surface area contributed by atoms with E-state index in [9.17, 15) is 9.18 Å². The van der Waals surface area contributed by atoms with E-state index in [4.69, 9.17) is 5.11 Å². The van der Waals surface area contributed by atoms with Crippen LogP contribution < -0.4 is 0 Å². The molecule has 0 fully saturated rings. The molecular formula is C12H10FNO2S. The SMILES string of the molecule is Cc1cc(-c2csc(CC(=O)O)n2)ccc1F. The monoisotopic (exact) mass is 251 g/mol. The van der Waals surface area contributed by atoms with Gasteiger partial charge in [0.1, 0.15) is 10.8 Å². The Bertz CT molecular complexity index is 565. The van der Waals surface area contributed by atoms with Crippen molar-refractivity contribution in [3.8, 4) is 11.3 Å². The van der Waals surface area contributed by atoms with Gasteiger partial charge in [0.25, 0.3) is 0 Å². The first-order chi connectivity index (χ1) is 8.06. The topological polar surface area (TPSA) is 50.2 Å². The summed E-state index contributed by atoms with van der Waals surface area (Å²) in [4.78, 5) is 14.7. The van der Waals surface area contributed by atoms with E-state index >= 15 is 0 Å². The second-order valence-electron chi connectivity index (χ2n) is 3.66. The molecule has 1 aromatic heterocycles. The Kier molecular flexibility index (Phi) is 3.19. The number of nitrogens with zero attached hydrogens (tertiary/aromatic N) is 1. The van der Waals surface area contributed by atoms with Crippen LogP contribution >= 0.6 is 11.3 Å². The highest BCUT2D eigenvalue weighted by atomic mass is 32.1. The minimum atomic E-state index is -0.902. The van der Waals surface area contributed by atoms with Crippen molar-refractivity contribution in [2.45, 2.75) is 13.3 Å². The molecule has 0 unspecified atom stereocenters. The number of aliphatic carboxylic acids is 1. The Hall–Kier alpha value is -1.75. The highest BCUT2D eigenvalue weighted by Gasteiger charge is 2.08. The van der Waals surface area contributed by atoms with Crippen molar-refractivity contribution in [2.24, 2.45) is 0 Å². The molecule has 0 atom stereocenters. The van der Waals surface area contributed by atoms with Gasteiger partial charge in [-0.2, -0.15) is 0 Å². The Morgan fingerprint density at radius 2 is 2.29 bits per heavy atom. The van der Waals surface area contributed by atoms with Gasteiger partial charge in [-0.25, -0.2) is 9.37 Å². The molecule has 0 saturated heterocycles. The van der Waals surface area contributed by atoms with Crippen LogP contribution in [0.5, 0.6) is 0 Å². The largest absolute Gasteiger partial charge is 0.481 e. The summed E-state index contributed by atoms with van der Waals surface area (Å²) >= 11 is 1.30. The number of carbonyl (C=O) groups is 1. The number of hydrogen-bond donors (Lipinski definition) is 1. The average molecular weight is 251 g/mol. The number of carboxylic acid groups (broad SMARTS) is 1. The van der Waals surface area contributed by atoms with Gasteiger partial charge < -0.3 is 5.11 Å². The molecule has 0 bridgehead atoms. The van der Waals surface area contributed by atoms with Crippen molar-refractivity contribution in [1.29, 1.82) is 0 Å². The van der Waals surface area contributed by atoms with Gasteiger partial charge in [-0.3, -0.25) is 4.79 Å². The molecule has 2 rings (SSSR count). The van der Waals surface area contributed by atoms with Crippen LogP contribution in [-0.4, -0.2) is 16.1 Å². The Labute approximate surface area is 102 Å². The number of halogens is 1. The Morgan fingerprint density at radius 1 is 1.53 bits per heavy atom. The summed E-state index contributed by atoms with van der Waals surface area (Å²) in [5, 5.41) is 11.0. The first kappa shape index (κ1) is 11.7. The molecule has 0 aliphatic rings. The lowest BCUT2D eigenvalue weighted by atomic mass is 10.1. The molecule has 0 amide bonds. The van der Waals surface area contributed by atoms with Crippen molar-refractivity contribution in [2.75, 3.05) is 0 Å². The standard InChI is InChI=1S/C12H10FNO2S/c1-7-4-8(2-3-9(7)13)10-6-17-11(14-10)5-12(15)16/h2-4,6H,5H2,1H3,(H,15,16). The Balaban J connectivity index is 2.30. The van der Waals surface area contributed by atoms with Crippen molar-refractivity contribution in [3.63, 3.8) is 0 Å². The third kappa shape index (κ3) is 2.68. The van der Waals surface area contributed by atoms with E-state index in [-0.39, 0.29) is 12.2 Å². The summed E-state index contributed by atoms with van der Waals surface area (Å²) in [5.74, 6) is -1.16. The fraction of sp³-hybridized carbons (Fsp3) is 0.167. The fourth-order valence-electron chi connectivity index (χ4n) is 1.46. The lowest BCUT2D eigenvalue weighted by Crippen LogP contribution is -1.99. The smallest absolute Gasteiger partial charge is 0.310 e. The maximum atomic E-state index is 13.1. The van der Waals surface area contributed by atoms with Crippen LogP contribution in [-0.2, 0) is 11.2 Å². The lowest BCUT2D eigenvalue weighted by Gasteiger charge is -1.99. The predicted molar refractivity (Wildman–Crippen MR) is 63.6 cm³/mol. The second-order valence-corrected chi connectivity index (χ2v) is 4.60. The molecule has 0 saturated carbocycles. The summed E-state index contributed by atoms with van der Waals surface area (Å²) in [6, 6.07) is 4.73. The number of aromatic nitrogens is 1. The maximum absolute atomic E-state index is 13.1. The molecule has 5 heteroatoms. The average Bonchev–Trinajstić information content (AvgIpc) is 2.69. The molecule has 1 heterocycles. The number of hydrogen-bond acceptors (Lipinski definition) is 3. The minimum absolute atomic E-state index is 0.0785. The van der Waals surface area contributed by atoms with Crippen LogP contribution in [0.1, 0.15) is 10.6 Å². The highest BCUT2D eigenvalue weighted by molar-refractivity contribution is 7.10. The molecule has 2 aromatic rings. The van der Waals surface area contributed by atoms with Crippen molar-refractivity contribution >= 4 is 17.3 Å². The van der Waals surface area contributed by atoms with E-state index in [0.717, 1.165) is 5.56 Å². The third-order valence-corrected chi connectivity index (χ3v) is 3.16. The molecule has 3 nitrogen and oxygen atoms in total. The van der Waals surface area contributed by atoms with Crippen LogP contribution in [0.25, 0.3) is 11.3 Å². The second kappa shape index (κ2) is 4.63. The molecule has 1 aromatic carbocycles.